The number of rotatable bonds is 6. The van der Waals surface area contributed by atoms with Gasteiger partial charge in [-0.15, -0.1) is 0 Å². The predicted molar refractivity (Wildman–Crippen MR) is 63.6 cm³/mol. The van der Waals surface area contributed by atoms with Crippen molar-refractivity contribution in [2.45, 2.75) is 39.8 Å². The molecule has 0 aromatic rings. The summed E-state index contributed by atoms with van der Waals surface area (Å²) in [4.78, 5) is 0. The molecule has 0 spiro atoms. The van der Waals surface area contributed by atoms with Crippen LogP contribution in [0.1, 0.15) is 27.7 Å². The largest absolute Gasteiger partial charge is 0.368 e. The molecular formula is C8H16F2N2O4S2. The molecule has 2 N–H and O–H groups in total. The first kappa shape index (κ1) is 17.1. The molecule has 0 saturated heterocycles. The van der Waals surface area contributed by atoms with E-state index in [1.807, 2.05) is 0 Å². The zero-order valence-electron chi connectivity index (χ0n) is 10.4. The van der Waals surface area contributed by atoms with Crippen LogP contribution in [0.4, 0.5) is 7.77 Å². The fraction of sp³-hybridized carbons (Fsp3) is 0.750. The standard InChI is InChI=1S/C8H16F2N2O4S2/c1-5(2)11-7(12-6(3)4)8(17(9,13)14)18(10,15)16/h5-6,11-12H,1-4H3. The molecule has 0 fully saturated rings. The molecule has 0 amide bonds. The van der Waals surface area contributed by atoms with Gasteiger partial charge in [0.1, 0.15) is 5.82 Å². The SMILES string of the molecule is CC(C)NC(NC(C)C)=C(S(=O)(=O)F)S(=O)(=O)F. The Morgan fingerprint density at radius 1 is 0.833 bits per heavy atom. The Hall–Kier alpha value is -0.900. The van der Waals surface area contributed by atoms with Crippen molar-refractivity contribution in [3.63, 3.8) is 0 Å². The van der Waals surface area contributed by atoms with Gasteiger partial charge in [-0.25, -0.2) is 0 Å². The summed E-state index contributed by atoms with van der Waals surface area (Å²) in [5, 5.41) is 4.71. The van der Waals surface area contributed by atoms with Gasteiger partial charge in [0.25, 0.3) is 4.24 Å². The van der Waals surface area contributed by atoms with E-state index in [-0.39, 0.29) is 0 Å². The van der Waals surface area contributed by atoms with E-state index in [2.05, 4.69) is 10.6 Å². The fourth-order valence-electron chi connectivity index (χ4n) is 1.10. The summed E-state index contributed by atoms with van der Waals surface area (Å²) >= 11 is 0. The van der Waals surface area contributed by atoms with Gasteiger partial charge < -0.3 is 10.6 Å². The minimum atomic E-state index is -5.72. The summed E-state index contributed by atoms with van der Waals surface area (Å²) in [5.41, 5.74) is 0. The van der Waals surface area contributed by atoms with Crippen LogP contribution in [-0.2, 0) is 20.4 Å². The van der Waals surface area contributed by atoms with Crippen molar-refractivity contribution in [3.8, 4) is 0 Å². The lowest BCUT2D eigenvalue weighted by atomic mass is 10.3. The summed E-state index contributed by atoms with van der Waals surface area (Å²) in [6.07, 6.45) is 0. The lowest BCUT2D eigenvalue weighted by Gasteiger charge is -2.19. The van der Waals surface area contributed by atoms with E-state index in [4.69, 9.17) is 0 Å². The Balaban J connectivity index is 6.03. The molecule has 0 unspecified atom stereocenters. The summed E-state index contributed by atoms with van der Waals surface area (Å²) < 4.78 is 66.9. The molecule has 0 aliphatic heterocycles. The average molecular weight is 306 g/mol. The Labute approximate surface area is 106 Å². The minimum Gasteiger partial charge on any atom is -0.368 e. The molecule has 0 aliphatic rings. The van der Waals surface area contributed by atoms with Crippen LogP contribution in [0.2, 0.25) is 0 Å². The Bertz CT molecular complexity index is 477. The Morgan fingerprint density at radius 3 is 1.28 bits per heavy atom. The van der Waals surface area contributed by atoms with Crippen LogP contribution in [0, 0.1) is 0 Å². The first-order valence-electron chi connectivity index (χ1n) is 5.02. The smallest absolute Gasteiger partial charge is 0.349 e. The van der Waals surface area contributed by atoms with Crippen molar-refractivity contribution in [1.82, 2.24) is 10.6 Å². The van der Waals surface area contributed by atoms with Gasteiger partial charge in [-0.3, -0.25) is 0 Å². The molecule has 0 saturated carbocycles. The van der Waals surface area contributed by atoms with Crippen LogP contribution in [0.25, 0.3) is 0 Å². The first-order chi connectivity index (χ1) is 7.85. The van der Waals surface area contributed by atoms with Gasteiger partial charge in [0, 0.05) is 12.1 Å². The molecular weight excluding hydrogens is 290 g/mol. The zero-order valence-corrected chi connectivity index (χ0v) is 12.0. The molecule has 0 radical (unpaired) electrons. The number of hydrogen-bond acceptors (Lipinski definition) is 6. The first-order valence-corrected chi connectivity index (χ1v) is 7.79. The van der Waals surface area contributed by atoms with Crippen LogP contribution in [0.5, 0.6) is 0 Å². The third-order valence-corrected chi connectivity index (χ3v) is 4.00. The van der Waals surface area contributed by atoms with Crippen molar-refractivity contribution in [3.05, 3.63) is 10.1 Å². The van der Waals surface area contributed by atoms with Crippen molar-refractivity contribution >= 4 is 20.4 Å². The second kappa shape index (κ2) is 5.83. The Kier molecular flexibility index (Phi) is 5.54. The van der Waals surface area contributed by atoms with Gasteiger partial charge in [-0.05, 0) is 27.7 Å². The maximum atomic E-state index is 12.9. The quantitative estimate of drug-likeness (QED) is 0.702. The maximum Gasteiger partial charge on any atom is 0.349 e. The van der Waals surface area contributed by atoms with Crippen molar-refractivity contribution in [2.75, 3.05) is 0 Å². The van der Waals surface area contributed by atoms with Crippen LogP contribution >= 0.6 is 0 Å². The molecule has 18 heavy (non-hydrogen) atoms. The number of hydrogen-bond donors (Lipinski definition) is 2. The third-order valence-electron chi connectivity index (χ3n) is 1.51. The molecule has 0 aliphatic carbocycles. The van der Waals surface area contributed by atoms with Crippen LogP contribution in [0.3, 0.4) is 0 Å². The molecule has 0 bridgehead atoms. The molecule has 108 valence electrons. The summed E-state index contributed by atoms with van der Waals surface area (Å²) in [6, 6.07) is -0.852. The summed E-state index contributed by atoms with van der Waals surface area (Å²) in [6.45, 7) is 6.20. The van der Waals surface area contributed by atoms with Crippen molar-refractivity contribution in [1.29, 1.82) is 0 Å². The maximum absolute atomic E-state index is 12.9. The molecule has 0 heterocycles. The molecule has 0 rings (SSSR count). The van der Waals surface area contributed by atoms with E-state index in [9.17, 15) is 24.6 Å². The monoisotopic (exact) mass is 306 g/mol. The van der Waals surface area contributed by atoms with Gasteiger partial charge >= 0.3 is 20.4 Å². The summed E-state index contributed by atoms with van der Waals surface area (Å²) in [7, 11) is -11.4. The second-order valence-corrected chi connectivity index (χ2v) is 6.96. The number of nitrogens with one attached hydrogen (secondary N) is 2. The van der Waals surface area contributed by atoms with E-state index >= 15 is 0 Å². The van der Waals surface area contributed by atoms with Crippen LogP contribution in [-0.4, -0.2) is 28.9 Å². The highest BCUT2D eigenvalue weighted by Crippen LogP contribution is 2.21. The van der Waals surface area contributed by atoms with Crippen LogP contribution in [0.15, 0.2) is 10.1 Å². The number of halogens is 2. The van der Waals surface area contributed by atoms with Crippen molar-refractivity contribution < 1.29 is 24.6 Å². The van der Waals surface area contributed by atoms with Gasteiger partial charge in [-0.2, -0.15) is 16.8 Å². The zero-order chi connectivity index (χ0) is 14.7. The molecule has 0 atom stereocenters. The van der Waals surface area contributed by atoms with E-state index in [0.29, 0.717) is 0 Å². The van der Waals surface area contributed by atoms with Crippen LogP contribution < -0.4 is 10.6 Å². The molecule has 10 heteroatoms. The normalized spacial score (nSPS) is 12.7. The lowest BCUT2D eigenvalue weighted by molar-refractivity contribution is 0.536. The minimum absolute atomic E-state index is 0.426. The van der Waals surface area contributed by atoms with Crippen molar-refractivity contribution in [2.24, 2.45) is 0 Å². The highest BCUT2D eigenvalue weighted by molar-refractivity contribution is 8.10. The lowest BCUT2D eigenvalue weighted by Crippen LogP contribution is -2.38. The average Bonchev–Trinajstić information content (AvgIpc) is 1.93. The van der Waals surface area contributed by atoms with E-state index in [1.54, 1.807) is 27.7 Å². The molecule has 0 aromatic heterocycles. The van der Waals surface area contributed by atoms with Gasteiger partial charge in [0.2, 0.25) is 0 Å². The topological polar surface area (TPSA) is 92.3 Å². The highest BCUT2D eigenvalue weighted by atomic mass is 32.3. The fourth-order valence-corrected chi connectivity index (χ4v) is 2.77. The second-order valence-electron chi connectivity index (χ2n) is 4.14. The van der Waals surface area contributed by atoms with Gasteiger partial charge in [-0.1, -0.05) is 7.77 Å². The molecule has 0 aromatic carbocycles. The third kappa shape index (κ3) is 5.63. The Morgan fingerprint density at radius 2 is 1.11 bits per heavy atom. The van der Waals surface area contributed by atoms with E-state index < -0.39 is 42.6 Å². The van der Waals surface area contributed by atoms with E-state index in [0.717, 1.165) is 0 Å². The summed E-state index contributed by atoms with van der Waals surface area (Å²) in [5.74, 6) is -0.718. The van der Waals surface area contributed by atoms with E-state index in [1.165, 1.54) is 0 Å². The molecule has 6 nitrogen and oxygen atoms in total. The van der Waals surface area contributed by atoms with Gasteiger partial charge in [0.05, 0.1) is 0 Å². The van der Waals surface area contributed by atoms with Gasteiger partial charge in [0.15, 0.2) is 0 Å². The predicted octanol–water partition coefficient (Wildman–Crippen LogP) is 0.708. The highest BCUT2D eigenvalue weighted by Gasteiger charge is 2.35.